The summed E-state index contributed by atoms with van der Waals surface area (Å²) in [6.07, 6.45) is 1.57. The van der Waals surface area contributed by atoms with Gasteiger partial charge >= 0.3 is 0 Å². The first-order valence-electron chi connectivity index (χ1n) is 4.91. The highest BCUT2D eigenvalue weighted by Crippen LogP contribution is 2.29. The summed E-state index contributed by atoms with van der Waals surface area (Å²) < 4.78 is 5.38. The van der Waals surface area contributed by atoms with Crippen molar-refractivity contribution in [3.63, 3.8) is 0 Å². The van der Waals surface area contributed by atoms with Gasteiger partial charge in [0.05, 0.1) is 17.7 Å². The molecule has 0 saturated heterocycles. The highest BCUT2D eigenvalue weighted by molar-refractivity contribution is 6.11. The van der Waals surface area contributed by atoms with Gasteiger partial charge in [-0.3, -0.25) is 9.79 Å². The van der Waals surface area contributed by atoms with Crippen LogP contribution in [0.15, 0.2) is 21.7 Å². The van der Waals surface area contributed by atoms with Crippen molar-refractivity contribution in [3.8, 4) is 0 Å². The number of carbonyl (C=O) groups excluding carboxylic acids is 1. The summed E-state index contributed by atoms with van der Waals surface area (Å²) in [5, 5.41) is 2.76. The van der Waals surface area contributed by atoms with Gasteiger partial charge in [0.1, 0.15) is 6.54 Å². The molecule has 0 aromatic carbocycles. The molecule has 2 rings (SSSR count). The van der Waals surface area contributed by atoms with Crippen LogP contribution in [0.3, 0.4) is 0 Å². The van der Waals surface area contributed by atoms with Crippen molar-refractivity contribution in [2.24, 2.45) is 10.4 Å². The molecule has 0 radical (unpaired) electrons. The van der Waals surface area contributed by atoms with Crippen molar-refractivity contribution in [3.05, 3.63) is 18.1 Å². The first-order valence-corrected chi connectivity index (χ1v) is 4.91. The number of fused-ring (bicyclic) bond motifs is 1. The molecule has 80 valence electrons. The molecule has 1 aromatic heterocycles. The molecule has 0 bridgehead atoms. The average Bonchev–Trinajstić information content (AvgIpc) is 2.45. The Kier molecular flexibility index (Phi) is 2.14. The Labute approximate surface area is 88.4 Å². The van der Waals surface area contributed by atoms with E-state index in [2.05, 4.69) is 10.3 Å². The van der Waals surface area contributed by atoms with Crippen LogP contribution in [0.2, 0.25) is 0 Å². The van der Waals surface area contributed by atoms with Gasteiger partial charge in [-0.25, -0.2) is 0 Å². The molecule has 4 heteroatoms. The van der Waals surface area contributed by atoms with Gasteiger partial charge in [-0.05, 0) is 0 Å². The maximum Gasteiger partial charge on any atom is 0.246 e. The van der Waals surface area contributed by atoms with Gasteiger partial charge in [0.15, 0.2) is 5.76 Å². The fourth-order valence-electron chi connectivity index (χ4n) is 1.58. The normalized spacial score (nSPS) is 16.5. The molecule has 15 heavy (non-hydrogen) atoms. The fraction of sp³-hybridized carbons (Fsp3) is 0.455. The lowest BCUT2D eigenvalue weighted by molar-refractivity contribution is -0.114. The lowest BCUT2D eigenvalue weighted by Crippen LogP contribution is -2.21. The Morgan fingerprint density at radius 3 is 2.87 bits per heavy atom. The van der Waals surface area contributed by atoms with Gasteiger partial charge in [-0.1, -0.05) is 20.8 Å². The van der Waals surface area contributed by atoms with Gasteiger partial charge in [0.2, 0.25) is 5.91 Å². The second-order valence-electron chi connectivity index (χ2n) is 4.63. The zero-order chi connectivity index (χ0) is 11.1. The third-order valence-electron chi connectivity index (χ3n) is 2.25. The minimum atomic E-state index is -0.126. The third kappa shape index (κ3) is 1.79. The molecule has 4 nitrogen and oxygen atoms in total. The van der Waals surface area contributed by atoms with Gasteiger partial charge in [0.25, 0.3) is 0 Å². The van der Waals surface area contributed by atoms with E-state index < -0.39 is 0 Å². The molecule has 2 heterocycles. The lowest BCUT2D eigenvalue weighted by atomic mass is 9.88. The summed E-state index contributed by atoms with van der Waals surface area (Å²) in [6, 6.07) is 1.75. The fourth-order valence-corrected chi connectivity index (χ4v) is 1.58. The Hall–Kier alpha value is -1.58. The predicted molar refractivity (Wildman–Crippen MR) is 58.2 cm³/mol. The van der Waals surface area contributed by atoms with E-state index in [1.54, 1.807) is 12.3 Å². The van der Waals surface area contributed by atoms with Crippen molar-refractivity contribution >= 4 is 17.3 Å². The Morgan fingerprint density at radius 1 is 1.47 bits per heavy atom. The molecule has 0 atom stereocenters. The topological polar surface area (TPSA) is 54.6 Å². The van der Waals surface area contributed by atoms with Gasteiger partial charge in [-0.15, -0.1) is 0 Å². The number of nitrogens with one attached hydrogen (secondary N) is 1. The minimum Gasteiger partial charge on any atom is -0.461 e. The van der Waals surface area contributed by atoms with Crippen LogP contribution in [0.25, 0.3) is 0 Å². The monoisotopic (exact) mass is 206 g/mol. The zero-order valence-electron chi connectivity index (χ0n) is 9.13. The minimum absolute atomic E-state index is 0.100. The molecule has 0 spiro atoms. The van der Waals surface area contributed by atoms with Crippen molar-refractivity contribution in [1.82, 2.24) is 0 Å². The number of furan rings is 1. The van der Waals surface area contributed by atoms with Crippen molar-refractivity contribution in [1.29, 1.82) is 0 Å². The van der Waals surface area contributed by atoms with E-state index in [9.17, 15) is 4.79 Å². The Morgan fingerprint density at radius 2 is 2.20 bits per heavy atom. The van der Waals surface area contributed by atoms with Crippen LogP contribution in [-0.4, -0.2) is 18.2 Å². The lowest BCUT2D eigenvalue weighted by Gasteiger charge is -2.19. The number of aliphatic imine (C=N–C) groups is 1. The molecule has 1 aliphatic rings. The van der Waals surface area contributed by atoms with E-state index in [-0.39, 0.29) is 17.9 Å². The number of hydrogen-bond acceptors (Lipinski definition) is 3. The summed E-state index contributed by atoms with van der Waals surface area (Å²) in [4.78, 5) is 15.7. The van der Waals surface area contributed by atoms with Gasteiger partial charge < -0.3 is 9.73 Å². The molecular weight excluding hydrogens is 192 g/mol. The largest absolute Gasteiger partial charge is 0.461 e. The van der Waals surface area contributed by atoms with Crippen LogP contribution in [0.1, 0.15) is 26.5 Å². The maximum absolute atomic E-state index is 11.4. The van der Waals surface area contributed by atoms with Crippen molar-refractivity contribution in [2.75, 3.05) is 11.9 Å². The third-order valence-corrected chi connectivity index (χ3v) is 2.25. The molecule has 0 saturated carbocycles. The number of nitrogens with zero attached hydrogens (tertiary/aromatic N) is 1. The molecule has 1 N–H and O–H groups in total. The van der Waals surface area contributed by atoms with Crippen LogP contribution < -0.4 is 5.32 Å². The SMILES string of the molecule is CC(C)(C)C1=NCC(=O)Nc2ccoc21. The molecule has 0 aliphatic carbocycles. The molecular formula is C11H14N2O2. The molecule has 1 amide bonds. The van der Waals surface area contributed by atoms with E-state index in [4.69, 9.17) is 4.42 Å². The van der Waals surface area contributed by atoms with Gasteiger partial charge in [0, 0.05) is 11.5 Å². The summed E-state index contributed by atoms with van der Waals surface area (Å²) in [5.41, 5.74) is 1.42. The summed E-state index contributed by atoms with van der Waals surface area (Å²) in [6.45, 7) is 6.31. The number of anilines is 1. The van der Waals surface area contributed by atoms with Crippen LogP contribution >= 0.6 is 0 Å². The number of rotatable bonds is 0. The zero-order valence-corrected chi connectivity index (χ0v) is 9.13. The summed E-state index contributed by atoms with van der Waals surface area (Å²) in [5.74, 6) is 0.574. The second-order valence-corrected chi connectivity index (χ2v) is 4.63. The average molecular weight is 206 g/mol. The van der Waals surface area contributed by atoms with E-state index in [0.29, 0.717) is 11.4 Å². The van der Waals surface area contributed by atoms with Crippen LogP contribution in [-0.2, 0) is 4.79 Å². The first kappa shape index (κ1) is 9.96. The summed E-state index contributed by atoms with van der Waals surface area (Å²) in [7, 11) is 0. The van der Waals surface area contributed by atoms with Crippen LogP contribution in [0, 0.1) is 5.41 Å². The Bertz CT molecular complexity index is 424. The second kappa shape index (κ2) is 3.22. The molecule has 1 aliphatic heterocycles. The van der Waals surface area contributed by atoms with Gasteiger partial charge in [-0.2, -0.15) is 0 Å². The van der Waals surface area contributed by atoms with Crippen LogP contribution in [0.4, 0.5) is 5.69 Å². The van der Waals surface area contributed by atoms with Crippen LogP contribution in [0.5, 0.6) is 0 Å². The number of carbonyl (C=O) groups is 1. The van der Waals surface area contributed by atoms with Crippen molar-refractivity contribution < 1.29 is 9.21 Å². The van der Waals surface area contributed by atoms with E-state index in [0.717, 1.165) is 5.71 Å². The van der Waals surface area contributed by atoms with E-state index in [1.807, 2.05) is 20.8 Å². The molecule has 1 aromatic rings. The first-order chi connectivity index (χ1) is 6.98. The smallest absolute Gasteiger partial charge is 0.246 e. The predicted octanol–water partition coefficient (Wildman–Crippen LogP) is 2.07. The highest BCUT2D eigenvalue weighted by atomic mass is 16.3. The highest BCUT2D eigenvalue weighted by Gasteiger charge is 2.28. The maximum atomic E-state index is 11.4. The summed E-state index contributed by atoms with van der Waals surface area (Å²) >= 11 is 0. The number of amides is 1. The molecule has 0 unspecified atom stereocenters. The van der Waals surface area contributed by atoms with E-state index in [1.165, 1.54) is 0 Å². The van der Waals surface area contributed by atoms with E-state index >= 15 is 0 Å². The quantitative estimate of drug-likeness (QED) is 0.706. The standard InChI is InChI=1S/C11H14N2O2/c1-11(2,3)10-9-7(4-5-15-9)13-8(14)6-12-10/h4-5H,6H2,1-3H3,(H,13,14). The van der Waals surface area contributed by atoms with Crippen molar-refractivity contribution in [2.45, 2.75) is 20.8 Å². The number of hydrogen-bond donors (Lipinski definition) is 1. The Balaban J connectivity index is 2.53. The molecule has 0 fully saturated rings.